The SMILES string of the molecule is S=S1(=S)CCCS1. The largest absolute Gasteiger partial charge is 0.0861 e. The molecule has 7 heavy (non-hydrogen) atoms. The van der Waals surface area contributed by atoms with Crippen molar-refractivity contribution in [2.24, 2.45) is 0 Å². The minimum Gasteiger partial charge on any atom is -0.0861 e. The van der Waals surface area contributed by atoms with Crippen LogP contribution in [0.3, 0.4) is 0 Å². The molecule has 0 bridgehead atoms. The van der Waals surface area contributed by atoms with Crippen LogP contribution in [-0.2, 0) is 28.6 Å². The third-order valence-corrected chi connectivity index (χ3v) is 7.21. The first-order valence-electron chi connectivity index (χ1n) is 2.08. The normalized spacial score (nSPS) is 28.0. The standard InChI is InChI=1S/C3H6S4/c4-7(5)3-1-2-6-7/h1-3H2. The van der Waals surface area contributed by atoms with Gasteiger partial charge in [0.15, 0.2) is 0 Å². The summed E-state index contributed by atoms with van der Waals surface area (Å²) in [4.78, 5) is 0. The van der Waals surface area contributed by atoms with E-state index in [9.17, 15) is 0 Å². The number of hydrogen-bond donors (Lipinski definition) is 0. The van der Waals surface area contributed by atoms with Crippen LogP contribution in [0.15, 0.2) is 0 Å². The first-order chi connectivity index (χ1) is 3.21. The van der Waals surface area contributed by atoms with Gasteiger partial charge in [0, 0.05) is 11.5 Å². The third-order valence-electron chi connectivity index (χ3n) is 0.802. The third kappa shape index (κ3) is 1.83. The molecule has 4 heteroatoms. The molecule has 0 amide bonds. The first-order valence-corrected chi connectivity index (χ1v) is 7.23. The molecule has 0 aliphatic carbocycles. The molecular formula is C3H6S4. The molecule has 1 heterocycles. The van der Waals surface area contributed by atoms with Crippen molar-refractivity contribution >= 4 is 39.3 Å². The van der Waals surface area contributed by atoms with E-state index in [1.807, 2.05) is 10.8 Å². The van der Waals surface area contributed by atoms with Crippen LogP contribution in [0.5, 0.6) is 0 Å². The van der Waals surface area contributed by atoms with Crippen molar-refractivity contribution in [3.63, 3.8) is 0 Å². The van der Waals surface area contributed by atoms with Gasteiger partial charge in [-0.1, -0.05) is 10.8 Å². The Balaban J connectivity index is 2.76. The zero-order chi connectivity index (χ0) is 5.33. The fourth-order valence-electron chi connectivity index (χ4n) is 0.481. The molecule has 1 saturated heterocycles. The van der Waals surface area contributed by atoms with Gasteiger partial charge in [0.2, 0.25) is 0 Å². The summed E-state index contributed by atoms with van der Waals surface area (Å²) in [5.41, 5.74) is 0. The van der Waals surface area contributed by atoms with Crippen LogP contribution in [-0.4, -0.2) is 11.5 Å². The summed E-state index contributed by atoms with van der Waals surface area (Å²) in [7, 11) is 1.81. The molecule has 1 aliphatic rings. The van der Waals surface area contributed by atoms with Crippen LogP contribution in [0, 0.1) is 0 Å². The van der Waals surface area contributed by atoms with Crippen molar-refractivity contribution in [2.45, 2.75) is 6.42 Å². The Bertz CT molecular complexity index is 130. The van der Waals surface area contributed by atoms with E-state index in [0.717, 1.165) is 5.75 Å². The van der Waals surface area contributed by atoms with Crippen LogP contribution in [0.1, 0.15) is 6.42 Å². The molecule has 0 aromatic heterocycles. The van der Waals surface area contributed by atoms with Crippen molar-refractivity contribution in [3.05, 3.63) is 0 Å². The fourth-order valence-corrected chi connectivity index (χ4v) is 5.55. The number of hydrogen-bond acceptors (Lipinski definition) is 3. The first kappa shape index (κ1) is 6.26. The molecule has 0 aromatic carbocycles. The lowest BCUT2D eigenvalue weighted by molar-refractivity contribution is 1.14. The highest BCUT2D eigenvalue weighted by molar-refractivity contribution is 8.98. The van der Waals surface area contributed by atoms with Crippen LogP contribution >= 0.6 is 10.8 Å². The monoisotopic (exact) mass is 170 g/mol. The van der Waals surface area contributed by atoms with Crippen LogP contribution < -0.4 is 0 Å². The van der Waals surface area contributed by atoms with Crippen molar-refractivity contribution in [1.82, 2.24) is 0 Å². The van der Waals surface area contributed by atoms with Gasteiger partial charge >= 0.3 is 0 Å². The summed E-state index contributed by atoms with van der Waals surface area (Å²) in [5, 5.41) is 0. The maximum Gasteiger partial charge on any atom is 0.0120 e. The van der Waals surface area contributed by atoms with Gasteiger partial charge < -0.3 is 0 Å². The van der Waals surface area contributed by atoms with Gasteiger partial charge in [-0.15, -0.1) is 0 Å². The summed E-state index contributed by atoms with van der Waals surface area (Å²) in [6, 6.07) is 0. The highest BCUT2D eigenvalue weighted by Gasteiger charge is 2.09. The molecule has 1 fully saturated rings. The van der Waals surface area contributed by atoms with Gasteiger partial charge in [-0.3, -0.25) is 0 Å². The van der Waals surface area contributed by atoms with Crippen molar-refractivity contribution in [3.8, 4) is 0 Å². The lowest BCUT2D eigenvalue weighted by Crippen LogP contribution is -1.84. The van der Waals surface area contributed by atoms with Gasteiger partial charge in [0.25, 0.3) is 0 Å². The Morgan fingerprint density at radius 3 is 2.29 bits per heavy atom. The van der Waals surface area contributed by atoms with Gasteiger partial charge in [-0.2, -0.15) is 0 Å². The molecule has 0 radical (unpaired) electrons. The quantitative estimate of drug-likeness (QED) is 0.500. The molecule has 0 N–H and O–H groups in total. The molecule has 0 aromatic rings. The summed E-state index contributed by atoms with van der Waals surface area (Å²) < 4.78 is 0. The van der Waals surface area contributed by atoms with Crippen molar-refractivity contribution < 1.29 is 0 Å². The van der Waals surface area contributed by atoms with Crippen LogP contribution in [0.25, 0.3) is 0 Å². The van der Waals surface area contributed by atoms with E-state index in [2.05, 4.69) is 0 Å². The van der Waals surface area contributed by atoms with Crippen molar-refractivity contribution in [2.75, 3.05) is 11.5 Å². The Morgan fingerprint density at radius 1 is 1.43 bits per heavy atom. The molecule has 0 nitrogen and oxygen atoms in total. The molecule has 42 valence electrons. The van der Waals surface area contributed by atoms with E-state index in [1.165, 1.54) is 12.2 Å². The molecule has 0 unspecified atom stereocenters. The number of rotatable bonds is 0. The average Bonchev–Trinajstić information content (AvgIpc) is 1.84. The van der Waals surface area contributed by atoms with E-state index in [0.29, 0.717) is 0 Å². The summed E-state index contributed by atoms with van der Waals surface area (Å²) in [6.07, 6.45) is 0.294. The highest BCUT2D eigenvalue weighted by atomic mass is 33.5. The molecule has 0 atom stereocenters. The van der Waals surface area contributed by atoms with Gasteiger partial charge in [-0.05, 0) is 35.0 Å². The smallest absolute Gasteiger partial charge is 0.0120 e. The van der Waals surface area contributed by atoms with Gasteiger partial charge in [-0.25, -0.2) is 0 Å². The zero-order valence-corrected chi connectivity index (χ0v) is 7.02. The second-order valence-corrected chi connectivity index (χ2v) is 11.3. The van der Waals surface area contributed by atoms with E-state index in [4.69, 9.17) is 22.4 Å². The maximum absolute atomic E-state index is 5.07. The Morgan fingerprint density at radius 2 is 2.14 bits per heavy atom. The Labute approximate surface area is 57.3 Å². The summed E-state index contributed by atoms with van der Waals surface area (Å²) >= 11 is 10.1. The lowest BCUT2D eigenvalue weighted by Gasteiger charge is -1.90. The maximum atomic E-state index is 5.07. The molecular weight excluding hydrogens is 164 g/mol. The van der Waals surface area contributed by atoms with E-state index < -0.39 is 6.18 Å². The fraction of sp³-hybridized carbons (Fsp3) is 1.00. The van der Waals surface area contributed by atoms with Crippen LogP contribution in [0.2, 0.25) is 0 Å². The van der Waals surface area contributed by atoms with Gasteiger partial charge in [0.05, 0.1) is 0 Å². The van der Waals surface area contributed by atoms with Crippen molar-refractivity contribution in [1.29, 1.82) is 0 Å². The molecule has 1 rings (SSSR count). The van der Waals surface area contributed by atoms with E-state index in [1.54, 1.807) is 0 Å². The lowest BCUT2D eigenvalue weighted by atomic mass is 10.6. The topological polar surface area (TPSA) is 0 Å². The predicted octanol–water partition coefficient (Wildman–Crippen LogP) is 1.12. The molecule has 1 aliphatic heterocycles. The van der Waals surface area contributed by atoms with Crippen LogP contribution in [0.4, 0.5) is 0 Å². The van der Waals surface area contributed by atoms with E-state index >= 15 is 0 Å². The second-order valence-electron chi connectivity index (χ2n) is 1.44. The zero-order valence-electron chi connectivity index (χ0n) is 3.75. The Kier molecular flexibility index (Phi) is 1.94. The second kappa shape index (κ2) is 2.17. The Hall–Kier alpha value is 1.14. The average molecular weight is 170 g/mol. The minimum atomic E-state index is -0.963. The molecule has 0 spiro atoms. The highest BCUT2D eigenvalue weighted by Crippen LogP contribution is 2.23. The summed E-state index contributed by atoms with van der Waals surface area (Å²) in [5.74, 6) is 2.34. The molecule has 0 saturated carbocycles. The van der Waals surface area contributed by atoms with E-state index in [-0.39, 0.29) is 0 Å². The minimum absolute atomic E-state index is 0.963. The summed E-state index contributed by atoms with van der Waals surface area (Å²) in [6.45, 7) is 0. The van der Waals surface area contributed by atoms with Gasteiger partial charge in [0.1, 0.15) is 0 Å². The predicted molar refractivity (Wildman–Crippen MR) is 44.0 cm³/mol.